The van der Waals surface area contributed by atoms with Crippen molar-refractivity contribution < 1.29 is 9.47 Å². The summed E-state index contributed by atoms with van der Waals surface area (Å²) in [5.74, 6) is 1.85. The first-order chi connectivity index (χ1) is 15.3. The van der Waals surface area contributed by atoms with Gasteiger partial charge in [0.25, 0.3) is 0 Å². The number of fused-ring (bicyclic) bond motifs is 1. The zero-order valence-electron chi connectivity index (χ0n) is 19.8. The molecule has 2 aliphatic heterocycles. The average Bonchev–Trinajstić information content (AvgIpc) is 2.73. The first-order valence-corrected chi connectivity index (χ1v) is 12.4. The highest BCUT2D eigenvalue weighted by Crippen LogP contribution is 2.39. The van der Waals surface area contributed by atoms with Gasteiger partial charge in [-0.2, -0.15) is 5.26 Å². The van der Waals surface area contributed by atoms with Gasteiger partial charge in [-0.05, 0) is 52.2 Å². The maximum atomic E-state index is 10.1. The minimum Gasteiger partial charge on any atom is -0.372 e. The molecule has 0 spiro atoms. The Morgan fingerprint density at radius 1 is 1.16 bits per heavy atom. The van der Waals surface area contributed by atoms with Gasteiger partial charge in [0.2, 0.25) is 0 Å². The SMILES string of the molecule is Cc1ccc(CCSc2nc(N3CC(C)OC(C)C3)c3c(c2C#N)CC(C)(C)OC3)cc1. The summed E-state index contributed by atoms with van der Waals surface area (Å²) in [6.45, 7) is 12.6. The van der Waals surface area contributed by atoms with Gasteiger partial charge >= 0.3 is 0 Å². The Hall–Kier alpha value is -2.07. The predicted molar refractivity (Wildman–Crippen MR) is 129 cm³/mol. The predicted octanol–water partition coefficient (Wildman–Crippen LogP) is 5.06. The molecular weight excluding hydrogens is 418 g/mol. The van der Waals surface area contributed by atoms with Crippen LogP contribution in [0, 0.1) is 18.3 Å². The Balaban J connectivity index is 1.67. The molecule has 0 radical (unpaired) electrons. The second kappa shape index (κ2) is 9.43. The molecule has 3 heterocycles. The van der Waals surface area contributed by atoms with Crippen molar-refractivity contribution in [2.75, 3.05) is 23.7 Å². The number of hydrogen-bond acceptors (Lipinski definition) is 6. The molecule has 2 aromatic rings. The molecule has 2 unspecified atom stereocenters. The molecule has 0 bridgehead atoms. The minimum absolute atomic E-state index is 0.144. The maximum absolute atomic E-state index is 10.1. The van der Waals surface area contributed by atoms with Crippen LogP contribution in [-0.4, -0.2) is 41.6 Å². The van der Waals surface area contributed by atoms with Gasteiger partial charge in [-0.25, -0.2) is 4.98 Å². The average molecular weight is 452 g/mol. The summed E-state index contributed by atoms with van der Waals surface area (Å²) in [6.07, 6.45) is 1.96. The number of pyridine rings is 1. The van der Waals surface area contributed by atoms with Crippen LogP contribution in [0.15, 0.2) is 29.3 Å². The Bertz CT molecular complexity index is 1000. The molecule has 1 aromatic heterocycles. The van der Waals surface area contributed by atoms with Gasteiger partial charge in [0.15, 0.2) is 0 Å². The molecule has 5 nitrogen and oxygen atoms in total. The van der Waals surface area contributed by atoms with Crippen LogP contribution in [0.2, 0.25) is 0 Å². The van der Waals surface area contributed by atoms with E-state index in [9.17, 15) is 5.26 Å². The highest BCUT2D eigenvalue weighted by atomic mass is 32.2. The van der Waals surface area contributed by atoms with E-state index in [2.05, 4.69) is 69.9 Å². The van der Waals surface area contributed by atoms with Gasteiger partial charge in [0.05, 0.1) is 30.0 Å². The Morgan fingerprint density at radius 3 is 2.50 bits per heavy atom. The topological polar surface area (TPSA) is 58.4 Å². The molecule has 2 atom stereocenters. The molecule has 0 amide bonds. The van der Waals surface area contributed by atoms with Gasteiger partial charge in [0.1, 0.15) is 16.9 Å². The van der Waals surface area contributed by atoms with Gasteiger partial charge in [-0.15, -0.1) is 11.8 Å². The smallest absolute Gasteiger partial charge is 0.135 e. The van der Waals surface area contributed by atoms with E-state index in [1.54, 1.807) is 11.8 Å². The number of thioether (sulfide) groups is 1. The van der Waals surface area contributed by atoms with E-state index in [1.807, 2.05) is 0 Å². The standard InChI is InChI=1S/C26H33N3O2S/c1-17-6-8-20(9-7-17)10-11-32-25-22(13-27)21-12-26(4,5)30-16-23(21)24(28-25)29-14-18(2)31-19(3)15-29/h6-9,18-19H,10-12,14-16H2,1-5H3. The Labute approximate surface area is 196 Å². The third-order valence-corrected chi connectivity index (χ3v) is 7.13. The Morgan fingerprint density at radius 2 is 1.84 bits per heavy atom. The second-order valence-electron chi connectivity index (χ2n) is 9.66. The van der Waals surface area contributed by atoms with E-state index in [4.69, 9.17) is 14.5 Å². The van der Waals surface area contributed by atoms with Crippen molar-refractivity contribution in [3.05, 3.63) is 52.1 Å². The molecular formula is C26H33N3O2S. The van der Waals surface area contributed by atoms with Crippen LogP contribution >= 0.6 is 11.8 Å². The lowest BCUT2D eigenvalue weighted by Gasteiger charge is -2.40. The van der Waals surface area contributed by atoms with Crippen molar-refractivity contribution in [3.63, 3.8) is 0 Å². The van der Waals surface area contributed by atoms with Crippen molar-refractivity contribution in [3.8, 4) is 6.07 Å². The van der Waals surface area contributed by atoms with Crippen molar-refractivity contribution in [2.45, 2.75) is 76.9 Å². The third-order valence-electron chi connectivity index (χ3n) is 6.15. The summed E-state index contributed by atoms with van der Waals surface area (Å²) in [7, 11) is 0. The first kappa shape index (κ1) is 23.1. The highest BCUT2D eigenvalue weighted by molar-refractivity contribution is 7.99. The number of aryl methyl sites for hydroxylation is 2. The van der Waals surface area contributed by atoms with Gasteiger partial charge in [-0.1, -0.05) is 29.8 Å². The van der Waals surface area contributed by atoms with Crippen LogP contribution in [-0.2, 0) is 28.9 Å². The van der Waals surface area contributed by atoms with E-state index >= 15 is 0 Å². The van der Waals surface area contributed by atoms with Crippen molar-refractivity contribution in [1.82, 2.24) is 4.98 Å². The number of ether oxygens (including phenoxy) is 2. The van der Waals surface area contributed by atoms with E-state index in [1.165, 1.54) is 11.1 Å². The second-order valence-corrected chi connectivity index (χ2v) is 10.7. The molecule has 1 aromatic carbocycles. The number of morpholine rings is 1. The van der Waals surface area contributed by atoms with Crippen LogP contribution in [0.4, 0.5) is 5.82 Å². The van der Waals surface area contributed by atoms with E-state index in [-0.39, 0.29) is 17.8 Å². The number of nitriles is 1. The van der Waals surface area contributed by atoms with Crippen molar-refractivity contribution in [2.24, 2.45) is 0 Å². The zero-order chi connectivity index (χ0) is 22.9. The number of benzene rings is 1. The van der Waals surface area contributed by atoms with Crippen LogP contribution < -0.4 is 4.90 Å². The van der Waals surface area contributed by atoms with Crippen molar-refractivity contribution in [1.29, 1.82) is 5.26 Å². The quantitative estimate of drug-likeness (QED) is 0.592. The first-order valence-electron chi connectivity index (χ1n) is 11.4. The zero-order valence-corrected chi connectivity index (χ0v) is 20.6. The lowest BCUT2D eigenvalue weighted by Crippen LogP contribution is -2.47. The molecule has 1 saturated heterocycles. The summed E-state index contributed by atoms with van der Waals surface area (Å²) < 4.78 is 12.1. The molecule has 1 fully saturated rings. The normalized spacial score (nSPS) is 22.3. The largest absolute Gasteiger partial charge is 0.372 e. The molecule has 0 saturated carbocycles. The summed E-state index contributed by atoms with van der Waals surface area (Å²) in [5, 5.41) is 10.9. The van der Waals surface area contributed by atoms with E-state index < -0.39 is 0 Å². The third kappa shape index (κ3) is 5.11. The van der Waals surface area contributed by atoms with Gasteiger partial charge in [0, 0.05) is 30.8 Å². The van der Waals surface area contributed by atoms with Crippen LogP contribution in [0.3, 0.4) is 0 Å². The fourth-order valence-electron chi connectivity index (χ4n) is 4.58. The fourth-order valence-corrected chi connectivity index (χ4v) is 5.57. The number of aromatic nitrogens is 1. The van der Waals surface area contributed by atoms with E-state index in [0.29, 0.717) is 6.61 Å². The van der Waals surface area contributed by atoms with Crippen LogP contribution in [0.5, 0.6) is 0 Å². The lowest BCUT2D eigenvalue weighted by molar-refractivity contribution is -0.0407. The summed E-state index contributed by atoms with van der Waals surface area (Å²) in [5.41, 5.74) is 5.21. The highest BCUT2D eigenvalue weighted by Gasteiger charge is 2.34. The van der Waals surface area contributed by atoms with Gasteiger partial charge in [-0.3, -0.25) is 0 Å². The van der Waals surface area contributed by atoms with Crippen LogP contribution in [0.25, 0.3) is 0 Å². The fraction of sp³-hybridized carbons (Fsp3) is 0.538. The molecule has 2 aliphatic rings. The number of hydrogen-bond donors (Lipinski definition) is 0. The minimum atomic E-state index is -0.285. The molecule has 0 N–H and O–H groups in total. The maximum Gasteiger partial charge on any atom is 0.135 e. The lowest BCUT2D eigenvalue weighted by atomic mass is 9.89. The molecule has 0 aliphatic carbocycles. The van der Waals surface area contributed by atoms with E-state index in [0.717, 1.165) is 59.2 Å². The molecule has 170 valence electrons. The molecule has 4 rings (SSSR count). The van der Waals surface area contributed by atoms with Crippen LogP contribution in [0.1, 0.15) is 55.5 Å². The number of rotatable bonds is 5. The molecule has 6 heteroatoms. The molecule has 32 heavy (non-hydrogen) atoms. The number of anilines is 1. The van der Waals surface area contributed by atoms with Crippen molar-refractivity contribution >= 4 is 17.6 Å². The monoisotopic (exact) mass is 451 g/mol. The summed E-state index contributed by atoms with van der Waals surface area (Å²) in [6, 6.07) is 11.2. The summed E-state index contributed by atoms with van der Waals surface area (Å²) in [4.78, 5) is 7.40. The van der Waals surface area contributed by atoms with Gasteiger partial charge < -0.3 is 14.4 Å². The Kier molecular flexibility index (Phi) is 6.80. The number of nitrogens with zero attached hydrogens (tertiary/aromatic N) is 3. The summed E-state index contributed by atoms with van der Waals surface area (Å²) >= 11 is 1.69.